The van der Waals surface area contributed by atoms with E-state index < -0.39 is 25.4 Å². The van der Waals surface area contributed by atoms with Gasteiger partial charge in [0, 0.05) is 0 Å². The summed E-state index contributed by atoms with van der Waals surface area (Å²) in [6.07, 6.45) is 0. The van der Waals surface area contributed by atoms with Gasteiger partial charge in [-0.3, -0.25) is 0 Å². The molecule has 0 aliphatic rings. The highest BCUT2D eigenvalue weighted by Crippen LogP contribution is 2.22. The van der Waals surface area contributed by atoms with Gasteiger partial charge in [0.15, 0.2) is 11.0 Å². The number of aromatic nitrogens is 2. The smallest absolute Gasteiger partial charge is 0.171 e. The molecule has 0 radical (unpaired) electrons. The maximum absolute atomic E-state index is 9.18. The first kappa shape index (κ1) is 14.1. The Morgan fingerprint density at radius 3 is 2.00 bits per heavy atom. The summed E-state index contributed by atoms with van der Waals surface area (Å²) in [7, 11) is 0. The molecule has 17 heavy (non-hydrogen) atoms. The molecule has 96 valence electrons. The second kappa shape index (κ2) is 5.59. The Bertz CT molecular complexity index is 388. The van der Waals surface area contributed by atoms with Crippen molar-refractivity contribution in [2.75, 3.05) is 25.1 Å². The van der Waals surface area contributed by atoms with Gasteiger partial charge in [-0.05, 0) is 13.8 Å². The Morgan fingerprint density at radius 2 is 1.53 bits per heavy atom. The number of halogens is 1. The number of hydrogen-bond donors (Lipinski definition) is 4. The number of aliphatic hydroxyl groups is 3. The van der Waals surface area contributed by atoms with Gasteiger partial charge in [-0.2, -0.15) is 0 Å². The molecule has 1 aromatic rings. The first-order chi connectivity index (χ1) is 7.98. The van der Waals surface area contributed by atoms with Crippen molar-refractivity contribution in [1.29, 1.82) is 0 Å². The summed E-state index contributed by atoms with van der Waals surface area (Å²) < 4.78 is 0. The van der Waals surface area contributed by atoms with Crippen LogP contribution in [-0.2, 0) is 0 Å². The van der Waals surface area contributed by atoms with E-state index in [9.17, 15) is 15.3 Å². The van der Waals surface area contributed by atoms with E-state index in [1.807, 2.05) is 0 Å². The number of aryl methyl sites for hydroxylation is 2. The molecule has 0 unspecified atom stereocenters. The monoisotopic (exact) mass is 261 g/mol. The Labute approximate surface area is 104 Å². The topological polar surface area (TPSA) is 98.5 Å². The van der Waals surface area contributed by atoms with Gasteiger partial charge in [-0.1, -0.05) is 11.6 Å². The summed E-state index contributed by atoms with van der Waals surface area (Å²) in [6.45, 7) is 2.18. The number of aliphatic hydroxyl groups excluding tert-OH is 3. The quantitative estimate of drug-likeness (QED) is 0.590. The molecule has 0 bridgehead atoms. The molecule has 1 heterocycles. The first-order valence-electron chi connectivity index (χ1n) is 5.09. The molecular formula is C10H16ClN3O3. The molecule has 0 aliphatic heterocycles. The normalized spacial score (nSPS) is 11.6. The lowest BCUT2D eigenvalue weighted by molar-refractivity contribution is 0.0831. The number of nitrogens with one attached hydrogen (secondary N) is 1. The molecule has 1 rings (SSSR count). The van der Waals surface area contributed by atoms with E-state index in [-0.39, 0.29) is 11.0 Å². The zero-order valence-corrected chi connectivity index (χ0v) is 10.5. The van der Waals surface area contributed by atoms with E-state index >= 15 is 0 Å². The summed E-state index contributed by atoms with van der Waals surface area (Å²) in [6, 6.07) is 0. The molecule has 0 amide bonds. The van der Waals surface area contributed by atoms with E-state index in [4.69, 9.17) is 11.6 Å². The fraction of sp³-hybridized carbons (Fsp3) is 0.600. The van der Waals surface area contributed by atoms with Crippen LogP contribution >= 0.6 is 11.6 Å². The average Bonchev–Trinajstić information content (AvgIpc) is 2.33. The molecule has 0 aromatic carbocycles. The van der Waals surface area contributed by atoms with Crippen LogP contribution in [0.5, 0.6) is 0 Å². The van der Waals surface area contributed by atoms with Crippen LogP contribution in [0.2, 0.25) is 5.15 Å². The summed E-state index contributed by atoms with van der Waals surface area (Å²) in [5.41, 5.74) is 0.114. The predicted molar refractivity (Wildman–Crippen MR) is 64.1 cm³/mol. The SMILES string of the molecule is Cc1nc(Cl)c(NC(CO)(CO)CO)nc1C. The average molecular weight is 262 g/mol. The van der Waals surface area contributed by atoms with E-state index in [2.05, 4.69) is 15.3 Å². The van der Waals surface area contributed by atoms with Gasteiger partial charge >= 0.3 is 0 Å². The van der Waals surface area contributed by atoms with Crippen molar-refractivity contribution in [2.45, 2.75) is 19.4 Å². The second-order valence-electron chi connectivity index (χ2n) is 3.91. The van der Waals surface area contributed by atoms with Crippen molar-refractivity contribution in [3.05, 3.63) is 16.5 Å². The van der Waals surface area contributed by atoms with Gasteiger partial charge in [0.05, 0.1) is 31.2 Å². The molecule has 4 N–H and O–H groups in total. The number of rotatable bonds is 5. The van der Waals surface area contributed by atoms with Gasteiger partial charge in [0.25, 0.3) is 0 Å². The van der Waals surface area contributed by atoms with Gasteiger partial charge < -0.3 is 20.6 Å². The zero-order chi connectivity index (χ0) is 13.1. The minimum Gasteiger partial charge on any atom is -0.394 e. The Balaban J connectivity index is 3.05. The number of hydrogen-bond acceptors (Lipinski definition) is 6. The molecule has 0 spiro atoms. The van der Waals surface area contributed by atoms with Crippen LogP contribution in [0.25, 0.3) is 0 Å². The van der Waals surface area contributed by atoms with Gasteiger partial charge in [-0.15, -0.1) is 0 Å². The van der Waals surface area contributed by atoms with E-state index in [0.29, 0.717) is 11.4 Å². The number of anilines is 1. The van der Waals surface area contributed by atoms with Crippen molar-refractivity contribution in [3.63, 3.8) is 0 Å². The third kappa shape index (κ3) is 3.04. The van der Waals surface area contributed by atoms with Gasteiger partial charge in [0.1, 0.15) is 5.54 Å². The van der Waals surface area contributed by atoms with Crippen LogP contribution in [0, 0.1) is 13.8 Å². The minimum atomic E-state index is -1.26. The molecule has 0 saturated carbocycles. The summed E-state index contributed by atoms with van der Waals surface area (Å²) in [5.74, 6) is 0.229. The van der Waals surface area contributed by atoms with Crippen LogP contribution in [0.15, 0.2) is 0 Å². The lowest BCUT2D eigenvalue weighted by Gasteiger charge is -2.29. The third-order valence-electron chi connectivity index (χ3n) is 2.56. The molecule has 0 fully saturated rings. The van der Waals surface area contributed by atoms with E-state index in [0.717, 1.165) is 0 Å². The minimum absolute atomic E-state index is 0.132. The Kier molecular flexibility index (Phi) is 4.64. The second-order valence-corrected chi connectivity index (χ2v) is 4.27. The van der Waals surface area contributed by atoms with Crippen molar-refractivity contribution in [2.24, 2.45) is 0 Å². The molecule has 6 nitrogen and oxygen atoms in total. The van der Waals surface area contributed by atoms with Crippen molar-refractivity contribution < 1.29 is 15.3 Å². The van der Waals surface area contributed by atoms with Gasteiger partial charge in [0.2, 0.25) is 0 Å². The Hall–Kier alpha value is -0.950. The van der Waals surface area contributed by atoms with Crippen LogP contribution in [0.4, 0.5) is 5.82 Å². The largest absolute Gasteiger partial charge is 0.394 e. The fourth-order valence-corrected chi connectivity index (χ4v) is 1.39. The third-order valence-corrected chi connectivity index (χ3v) is 2.82. The van der Waals surface area contributed by atoms with E-state index in [1.54, 1.807) is 13.8 Å². The summed E-state index contributed by atoms with van der Waals surface area (Å²) >= 11 is 5.90. The lowest BCUT2D eigenvalue weighted by Crippen LogP contribution is -2.49. The van der Waals surface area contributed by atoms with Crippen LogP contribution in [0.3, 0.4) is 0 Å². The van der Waals surface area contributed by atoms with Crippen LogP contribution in [0.1, 0.15) is 11.4 Å². The Morgan fingerprint density at radius 1 is 1.06 bits per heavy atom. The molecule has 7 heteroatoms. The van der Waals surface area contributed by atoms with Crippen molar-refractivity contribution >= 4 is 17.4 Å². The predicted octanol–water partition coefficient (Wildman–Crippen LogP) is -0.126. The van der Waals surface area contributed by atoms with Crippen molar-refractivity contribution in [1.82, 2.24) is 9.97 Å². The van der Waals surface area contributed by atoms with Crippen LogP contribution in [-0.4, -0.2) is 50.6 Å². The standard InChI is InChI=1S/C10H16ClN3O3/c1-6-7(2)13-9(8(11)12-6)14-10(3-15,4-16)5-17/h15-17H,3-5H2,1-2H3,(H,13,14). The fourth-order valence-electron chi connectivity index (χ4n) is 1.18. The van der Waals surface area contributed by atoms with Crippen molar-refractivity contribution in [3.8, 4) is 0 Å². The highest BCUT2D eigenvalue weighted by molar-refractivity contribution is 6.31. The van der Waals surface area contributed by atoms with Crippen LogP contribution < -0.4 is 5.32 Å². The molecule has 0 atom stereocenters. The molecular weight excluding hydrogens is 246 g/mol. The zero-order valence-electron chi connectivity index (χ0n) is 9.74. The summed E-state index contributed by atoms with van der Waals surface area (Å²) in [5, 5.41) is 30.4. The van der Waals surface area contributed by atoms with E-state index in [1.165, 1.54) is 0 Å². The lowest BCUT2D eigenvalue weighted by atomic mass is 10.0. The molecule has 1 aromatic heterocycles. The highest BCUT2D eigenvalue weighted by atomic mass is 35.5. The van der Waals surface area contributed by atoms with Gasteiger partial charge in [-0.25, -0.2) is 9.97 Å². The maximum atomic E-state index is 9.18. The summed E-state index contributed by atoms with van der Waals surface area (Å²) in [4.78, 5) is 8.22. The highest BCUT2D eigenvalue weighted by Gasteiger charge is 2.29. The molecule has 0 saturated heterocycles. The molecule has 0 aliphatic carbocycles. The maximum Gasteiger partial charge on any atom is 0.171 e. The number of nitrogens with zero attached hydrogens (tertiary/aromatic N) is 2. The first-order valence-corrected chi connectivity index (χ1v) is 5.47.